The SMILES string of the molecule is CC.CC(=O)Nc1c2c(nc3ccccc13)C1Oc3c(O)ccc4c3[C@@]13CCN(CC1CC1)[C@H](C4)C3(O)C2. The number of ether oxygens (including phenoxy) is 1. The van der Waals surface area contributed by atoms with Gasteiger partial charge >= 0.3 is 0 Å². The fourth-order valence-corrected chi connectivity index (χ4v) is 7.91. The van der Waals surface area contributed by atoms with E-state index in [1.165, 1.54) is 19.8 Å². The van der Waals surface area contributed by atoms with Gasteiger partial charge in [0.05, 0.1) is 27.9 Å². The number of aliphatic hydroxyl groups is 1. The Balaban J connectivity index is 0.00000118. The highest BCUT2D eigenvalue weighted by atomic mass is 16.5. The Morgan fingerprint density at radius 3 is 2.76 bits per heavy atom. The maximum Gasteiger partial charge on any atom is 0.221 e. The first-order valence-corrected chi connectivity index (χ1v) is 14.1. The summed E-state index contributed by atoms with van der Waals surface area (Å²) in [7, 11) is 0. The van der Waals surface area contributed by atoms with Gasteiger partial charge in [-0.3, -0.25) is 9.69 Å². The molecule has 7 heteroatoms. The summed E-state index contributed by atoms with van der Waals surface area (Å²) in [4.78, 5) is 19.9. The van der Waals surface area contributed by atoms with E-state index in [1.807, 2.05) is 44.2 Å². The van der Waals surface area contributed by atoms with Crippen LogP contribution in [-0.2, 0) is 23.1 Å². The van der Waals surface area contributed by atoms with Crippen LogP contribution in [-0.4, -0.2) is 50.7 Å². The molecular weight excluding hydrogens is 478 g/mol. The minimum atomic E-state index is -1.11. The lowest BCUT2D eigenvalue weighted by Gasteiger charge is -2.63. The number of nitrogens with one attached hydrogen (secondary N) is 1. The van der Waals surface area contributed by atoms with Gasteiger partial charge in [0.25, 0.3) is 0 Å². The molecule has 4 atom stereocenters. The monoisotopic (exact) mass is 513 g/mol. The Bertz CT molecular complexity index is 1480. The summed E-state index contributed by atoms with van der Waals surface area (Å²) in [6.45, 7) is 7.41. The molecule has 3 aromatic rings. The molecule has 5 aliphatic rings. The van der Waals surface area contributed by atoms with E-state index < -0.39 is 17.1 Å². The minimum Gasteiger partial charge on any atom is -0.504 e. The van der Waals surface area contributed by atoms with Crippen LogP contribution in [0.4, 0.5) is 5.69 Å². The number of likely N-dealkylation sites (tertiary alicyclic amines) is 1. The fourth-order valence-electron chi connectivity index (χ4n) is 7.91. The first kappa shape index (κ1) is 23.9. The summed E-state index contributed by atoms with van der Waals surface area (Å²) < 4.78 is 6.63. The number of fused-ring (bicyclic) bond motifs is 3. The summed E-state index contributed by atoms with van der Waals surface area (Å²) in [6, 6.07) is 11.5. The molecule has 38 heavy (non-hydrogen) atoms. The van der Waals surface area contributed by atoms with Crippen molar-refractivity contribution in [3.63, 3.8) is 0 Å². The second kappa shape index (κ2) is 8.17. The lowest BCUT2D eigenvalue weighted by Crippen LogP contribution is -2.74. The molecule has 198 valence electrons. The molecule has 2 aromatic carbocycles. The fraction of sp³-hybridized carbons (Fsp3) is 0.484. The first-order chi connectivity index (χ1) is 18.4. The molecule has 3 N–H and O–H groups in total. The molecule has 1 spiro atoms. The number of rotatable bonds is 3. The van der Waals surface area contributed by atoms with Crippen LogP contribution in [0, 0.1) is 5.92 Å². The number of carbonyl (C=O) groups is 1. The summed E-state index contributed by atoms with van der Waals surface area (Å²) in [5.74, 6) is 1.17. The van der Waals surface area contributed by atoms with Crippen LogP contribution in [0.3, 0.4) is 0 Å². The number of hydrogen-bond donors (Lipinski definition) is 3. The van der Waals surface area contributed by atoms with Crippen molar-refractivity contribution in [3.8, 4) is 11.5 Å². The molecule has 2 aliphatic heterocycles. The van der Waals surface area contributed by atoms with Crippen molar-refractivity contribution in [2.24, 2.45) is 5.92 Å². The molecule has 3 aliphatic carbocycles. The van der Waals surface area contributed by atoms with Crippen molar-refractivity contribution >= 4 is 22.5 Å². The molecule has 2 bridgehead atoms. The molecule has 1 aromatic heterocycles. The van der Waals surface area contributed by atoms with Gasteiger partial charge in [0, 0.05) is 42.4 Å². The second-order valence-electron chi connectivity index (χ2n) is 11.5. The minimum absolute atomic E-state index is 0.0641. The van der Waals surface area contributed by atoms with Crippen molar-refractivity contribution in [1.29, 1.82) is 0 Å². The number of carbonyl (C=O) groups excluding carboxylic acids is 1. The first-order valence-electron chi connectivity index (χ1n) is 14.1. The molecule has 8 rings (SSSR count). The van der Waals surface area contributed by atoms with Crippen molar-refractivity contribution in [2.45, 2.75) is 76.0 Å². The maximum atomic E-state index is 12.9. The quantitative estimate of drug-likeness (QED) is 0.473. The Labute approximate surface area is 222 Å². The summed E-state index contributed by atoms with van der Waals surface area (Å²) in [6.07, 6.45) is 3.84. The lowest BCUT2D eigenvalue weighted by molar-refractivity contribution is -0.173. The van der Waals surface area contributed by atoms with Crippen LogP contribution in [0.25, 0.3) is 10.9 Å². The highest BCUT2D eigenvalue weighted by Gasteiger charge is 2.73. The number of para-hydroxylation sites is 1. The van der Waals surface area contributed by atoms with E-state index in [0.717, 1.165) is 59.2 Å². The zero-order valence-electron chi connectivity index (χ0n) is 22.3. The van der Waals surface area contributed by atoms with E-state index in [4.69, 9.17) is 9.72 Å². The van der Waals surface area contributed by atoms with Gasteiger partial charge in [0.1, 0.15) is 0 Å². The van der Waals surface area contributed by atoms with E-state index in [-0.39, 0.29) is 17.7 Å². The van der Waals surface area contributed by atoms with E-state index in [0.29, 0.717) is 23.8 Å². The van der Waals surface area contributed by atoms with Crippen LogP contribution >= 0.6 is 0 Å². The van der Waals surface area contributed by atoms with Crippen molar-refractivity contribution in [1.82, 2.24) is 9.88 Å². The van der Waals surface area contributed by atoms with Gasteiger partial charge in [-0.15, -0.1) is 0 Å². The van der Waals surface area contributed by atoms with Crippen molar-refractivity contribution in [3.05, 3.63) is 58.8 Å². The van der Waals surface area contributed by atoms with Gasteiger partial charge in [-0.1, -0.05) is 38.1 Å². The van der Waals surface area contributed by atoms with E-state index >= 15 is 0 Å². The van der Waals surface area contributed by atoms with Gasteiger partial charge in [0.2, 0.25) is 5.91 Å². The predicted molar refractivity (Wildman–Crippen MR) is 146 cm³/mol. The van der Waals surface area contributed by atoms with E-state index in [9.17, 15) is 15.0 Å². The number of phenols is 1. The Morgan fingerprint density at radius 2 is 2.00 bits per heavy atom. The third-order valence-electron chi connectivity index (χ3n) is 9.53. The second-order valence-corrected chi connectivity index (χ2v) is 11.5. The van der Waals surface area contributed by atoms with Crippen LogP contribution in [0.5, 0.6) is 11.5 Å². The molecule has 2 unspecified atom stereocenters. The van der Waals surface area contributed by atoms with Crippen LogP contribution in [0.15, 0.2) is 36.4 Å². The number of hydrogen-bond acceptors (Lipinski definition) is 6. The number of phenolic OH excluding ortho intramolecular Hbond substituents is 1. The standard InChI is InChI=1S/C29H29N3O4.C2H6/c1-15(33)30-24-18-4-2-3-5-20(18)31-25-19(24)13-29(35)22-12-17-8-9-21(34)26-23(17)28(29,27(25)36-26)10-11-32(22)14-16-6-7-16;1-2/h2-5,8-9,16,22,27,34-35H,6-7,10-14H2,1H3,(H,30,31,33);1-2H3/t22-,27?,28+,29?;/m1./s1. The van der Waals surface area contributed by atoms with E-state index in [1.54, 1.807) is 6.07 Å². The molecule has 7 nitrogen and oxygen atoms in total. The van der Waals surface area contributed by atoms with Crippen molar-refractivity contribution in [2.75, 3.05) is 18.4 Å². The summed E-state index contributed by atoms with van der Waals surface area (Å²) in [5, 5.41) is 27.7. The summed E-state index contributed by atoms with van der Waals surface area (Å²) >= 11 is 0. The molecule has 0 radical (unpaired) electrons. The Hall–Kier alpha value is -3.16. The zero-order valence-corrected chi connectivity index (χ0v) is 22.3. The molecule has 3 heterocycles. The molecule has 2 fully saturated rings. The Morgan fingerprint density at radius 1 is 1.21 bits per heavy atom. The molecule has 1 saturated heterocycles. The number of piperidine rings is 1. The number of nitrogens with zero attached hydrogens (tertiary/aromatic N) is 2. The van der Waals surface area contributed by atoms with Gasteiger partial charge in [-0.2, -0.15) is 0 Å². The number of aromatic nitrogens is 1. The number of benzene rings is 2. The normalized spacial score (nSPS) is 30.0. The topological polar surface area (TPSA) is 94.9 Å². The molecular formula is C31H35N3O4. The lowest BCUT2D eigenvalue weighted by atomic mass is 9.48. The molecule has 1 amide bonds. The Kier molecular flexibility index (Phi) is 5.14. The number of anilines is 1. The molecule has 1 saturated carbocycles. The van der Waals surface area contributed by atoms with Gasteiger partial charge in [0.15, 0.2) is 17.6 Å². The predicted octanol–water partition coefficient (Wildman–Crippen LogP) is 4.62. The van der Waals surface area contributed by atoms with Gasteiger partial charge in [-0.05, 0) is 55.8 Å². The maximum absolute atomic E-state index is 12.9. The number of pyridine rings is 1. The third kappa shape index (κ3) is 2.97. The number of aromatic hydroxyl groups is 1. The van der Waals surface area contributed by atoms with Gasteiger partial charge in [-0.25, -0.2) is 4.98 Å². The highest BCUT2D eigenvalue weighted by Crippen LogP contribution is 2.69. The average Bonchev–Trinajstić information content (AvgIpc) is 3.65. The largest absolute Gasteiger partial charge is 0.504 e. The van der Waals surface area contributed by atoms with Crippen LogP contribution < -0.4 is 10.1 Å². The summed E-state index contributed by atoms with van der Waals surface area (Å²) in [5.41, 5.74) is 3.44. The van der Waals surface area contributed by atoms with Gasteiger partial charge < -0.3 is 20.3 Å². The third-order valence-corrected chi connectivity index (χ3v) is 9.53. The smallest absolute Gasteiger partial charge is 0.221 e. The average molecular weight is 514 g/mol. The van der Waals surface area contributed by atoms with Crippen LogP contribution in [0.1, 0.15) is 68.5 Å². The number of amides is 1. The zero-order chi connectivity index (χ0) is 26.4. The van der Waals surface area contributed by atoms with Crippen molar-refractivity contribution < 1.29 is 19.7 Å². The van der Waals surface area contributed by atoms with Crippen LogP contribution in [0.2, 0.25) is 0 Å². The van der Waals surface area contributed by atoms with E-state index in [2.05, 4.69) is 10.2 Å². The highest BCUT2D eigenvalue weighted by molar-refractivity contribution is 6.02.